The molecular weight excluding hydrogens is 309 g/mol. The second-order valence-electron chi connectivity index (χ2n) is 6.53. The van der Waals surface area contributed by atoms with Gasteiger partial charge in [0.2, 0.25) is 0 Å². The molecule has 0 amide bonds. The SMILES string of the molecule is CN(Cc1nccc(N)n1)C[C@@H]1C[C@H](F)CN1Cc1cnn(C)c1. The van der Waals surface area contributed by atoms with Crippen molar-refractivity contribution in [2.24, 2.45) is 7.05 Å². The number of likely N-dealkylation sites (tertiary alicyclic amines) is 1. The first-order valence-corrected chi connectivity index (χ1v) is 8.11. The number of rotatable bonds is 6. The maximum absolute atomic E-state index is 13.9. The van der Waals surface area contributed by atoms with Crippen LogP contribution in [-0.2, 0) is 20.1 Å². The summed E-state index contributed by atoms with van der Waals surface area (Å²) in [5, 5.41) is 4.19. The van der Waals surface area contributed by atoms with E-state index in [0.29, 0.717) is 31.2 Å². The van der Waals surface area contributed by atoms with E-state index < -0.39 is 6.17 Å². The fourth-order valence-electron chi connectivity index (χ4n) is 3.25. The number of nitrogen functional groups attached to an aromatic ring is 1. The summed E-state index contributed by atoms with van der Waals surface area (Å²) in [6, 6.07) is 1.84. The topological polar surface area (TPSA) is 76.1 Å². The van der Waals surface area contributed by atoms with Crippen LogP contribution in [0.4, 0.5) is 10.2 Å². The summed E-state index contributed by atoms with van der Waals surface area (Å²) >= 11 is 0. The Bertz CT molecular complexity index is 674. The van der Waals surface area contributed by atoms with Crippen LogP contribution in [-0.4, -0.2) is 61.9 Å². The molecule has 0 aliphatic carbocycles. The summed E-state index contributed by atoms with van der Waals surface area (Å²) in [4.78, 5) is 12.8. The largest absolute Gasteiger partial charge is 0.384 e. The van der Waals surface area contributed by atoms with Crippen molar-refractivity contribution in [3.05, 3.63) is 36.0 Å². The number of alkyl halides is 1. The molecule has 2 aromatic heterocycles. The third-order valence-corrected chi connectivity index (χ3v) is 4.28. The Labute approximate surface area is 141 Å². The number of likely N-dealkylation sites (N-methyl/N-ethyl adjacent to an activating group) is 1. The molecule has 2 aromatic rings. The number of anilines is 1. The van der Waals surface area contributed by atoms with Gasteiger partial charge in [0, 0.05) is 50.7 Å². The predicted molar refractivity (Wildman–Crippen MR) is 89.7 cm³/mol. The van der Waals surface area contributed by atoms with Crippen LogP contribution in [0.3, 0.4) is 0 Å². The molecule has 1 fully saturated rings. The van der Waals surface area contributed by atoms with Crippen LogP contribution in [0.25, 0.3) is 0 Å². The number of halogens is 1. The van der Waals surface area contributed by atoms with E-state index in [0.717, 1.165) is 18.7 Å². The van der Waals surface area contributed by atoms with E-state index in [2.05, 4.69) is 24.9 Å². The van der Waals surface area contributed by atoms with E-state index in [1.54, 1.807) is 16.9 Å². The molecule has 2 atom stereocenters. The highest BCUT2D eigenvalue weighted by atomic mass is 19.1. The van der Waals surface area contributed by atoms with Gasteiger partial charge in [-0.25, -0.2) is 14.4 Å². The van der Waals surface area contributed by atoms with Gasteiger partial charge in [0.05, 0.1) is 12.7 Å². The maximum Gasteiger partial charge on any atom is 0.144 e. The summed E-state index contributed by atoms with van der Waals surface area (Å²) in [6.45, 7) is 2.56. The van der Waals surface area contributed by atoms with E-state index in [1.165, 1.54) is 0 Å². The van der Waals surface area contributed by atoms with Gasteiger partial charge < -0.3 is 5.73 Å². The van der Waals surface area contributed by atoms with Crippen molar-refractivity contribution < 1.29 is 4.39 Å². The van der Waals surface area contributed by atoms with E-state index in [4.69, 9.17) is 5.73 Å². The quantitative estimate of drug-likeness (QED) is 0.844. The van der Waals surface area contributed by atoms with Gasteiger partial charge in [-0.2, -0.15) is 5.10 Å². The molecule has 3 rings (SSSR count). The summed E-state index contributed by atoms with van der Waals surface area (Å²) in [7, 11) is 3.89. The zero-order chi connectivity index (χ0) is 17.1. The molecule has 130 valence electrons. The molecule has 1 aliphatic heterocycles. The van der Waals surface area contributed by atoms with Crippen LogP contribution in [0, 0.1) is 0 Å². The number of hydrogen-bond acceptors (Lipinski definition) is 6. The summed E-state index contributed by atoms with van der Waals surface area (Å²) in [6.07, 6.45) is 5.26. The van der Waals surface area contributed by atoms with Crippen LogP contribution in [0.1, 0.15) is 17.8 Å². The second-order valence-corrected chi connectivity index (χ2v) is 6.53. The van der Waals surface area contributed by atoms with Gasteiger partial charge in [-0.1, -0.05) is 0 Å². The average Bonchev–Trinajstić information content (AvgIpc) is 3.05. The molecule has 1 aliphatic rings. The lowest BCUT2D eigenvalue weighted by atomic mass is 10.2. The minimum absolute atomic E-state index is 0.172. The molecular formula is C16H24FN7. The normalized spacial score (nSPS) is 21.7. The Morgan fingerprint density at radius 1 is 1.46 bits per heavy atom. The first kappa shape index (κ1) is 16.8. The number of aryl methyl sites for hydroxylation is 1. The predicted octanol–water partition coefficient (Wildman–Crippen LogP) is 0.837. The smallest absolute Gasteiger partial charge is 0.144 e. The van der Waals surface area contributed by atoms with Crippen molar-refractivity contribution >= 4 is 5.82 Å². The minimum Gasteiger partial charge on any atom is -0.384 e. The van der Waals surface area contributed by atoms with Crippen LogP contribution in [0.2, 0.25) is 0 Å². The number of aromatic nitrogens is 4. The van der Waals surface area contributed by atoms with E-state index in [-0.39, 0.29) is 6.04 Å². The highest BCUT2D eigenvalue weighted by Gasteiger charge is 2.32. The van der Waals surface area contributed by atoms with Gasteiger partial charge in [-0.3, -0.25) is 14.5 Å². The van der Waals surface area contributed by atoms with Gasteiger partial charge in [0.15, 0.2) is 0 Å². The van der Waals surface area contributed by atoms with Gasteiger partial charge in [0.1, 0.15) is 17.8 Å². The molecule has 0 unspecified atom stereocenters. The van der Waals surface area contributed by atoms with Gasteiger partial charge >= 0.3 is 0 Å². The van der Waals surface area contributed by atoms with Gasteiger partial charge in [-0.05, 0) is 19.5 Å². The Morgan fingerprint density at radius 2 is 2.29 bits per heavy atom. The Balaban J connectivity index is 1.59. The summed E-state index contributed by atoms with van der Waals surface area (Å²) in [5.74, 6) is 1.15. The van der Waals surface area contributed by atoms with Crippen LogP contribution in [0.15, 0.2) is 24.7 Å². The number of hydrogen-bond donors (Lipinski definition) is 1. The Hall–Kier alpha value is -2.06. The molecule has 7 nitrogen and oxygen atoms in total. The highest BCUT2D eigenvalue weighted by Crippen LogP contribution is 2.23. The molecule has 0 saturated carbocycles. The lowest BCUT2D eigenvalue weighted by Gasteiger charge is -2.27. The zero-order valence-corrected chi connectivity index (χ0v) is 14.1. The second kappa shape index (κ2) is 7.23. The summed E-state index contributed by atoms with van der Waals surface area (Å²) < 4.78 is 15.7. The van der Waals surface area contributed by atoms with E-state index >= 15 is 0 Å². The third kappa shape index (κ3) is 4.27. The minimum atomic E-state index is -0.774. The zero-order valence-electron chi connectivity index (χ0n) is 14.1. The van der Waals surface area contributed by atoms with Crippen molar-refractivity contribution in [1.82, 2.24) is 29.5 Å². The number of nitrogens with two attached hydrogens (primary N) is 1. The van der Waals surface area contributed by atoms with Gasteiger partial charge in [0.25, 0.3) is 0 Å². The first-order chi connectivity index (χ1) is 11.5. The Morgan fingerprint density at radius 3 is 3.00 bits per heavy atom. The van der Waals surface area contributed by atoms with Crippen molar-refractivity contribution in [2.45, 2.75) is 31.7 Å². The Kier molecular flexibility index (Phi) is 5.06. The molecule has 0 bridgehead atoms. The molecule has 0 spiro atoms. The van der Waals surface area contributed by atoms with E-state index in [9.17, 15) is 4.39 Å². The molecule has 3 heterocycles. The van der Waals surface area contributed by atoms with Crippen LogP contribution >= 0.6 is 0 Å². The monoisotopic (exact) mass is 333 g/mol. The number of nitrogens with zero attached hydrogens (tertiary/aromatic N) is 6. The standard InChI is InChI=1S/C16H24FN7/c1-22(11-16-19-4-3-15(18)21-16)10-14-5-13(17)9-24(14)8-12-6-20-23(2)7-12/h3-4,6-7,13-14H,5,8-11H2,1-2H3,(H2,18,19,21)/t13-,14-/m0/s1. The van der Waals surface area contributed by atoms with Crippen LogP contribution in [0.5, 0.6) is 0 Å². The van der Waals surface area contributed by atoms with Crippen molar-refractivity contribution in [3.8, 4) is 0 Å². The molecule has 1 saturated heterocycles. The fourth-order valence-corrected chi connectivity index (χ4v) is 3.25. The molecule has 0 radical (unpaired) electrons. The summed E-state index contributed by atoms with van der Waals surface area (Å²) in [5.41, 5.74) is 6.80. The van der Waals surface area contributed by atoms with Gasteiger partial charge in [-0.15, -0.1) is 0 Å². The van der Waals surface area contributed by atoms with Crippen LogP contribution < -0.4 is 5.73 Å². The molecule has 2 N–H and O–H groups in total. The maximum atomic E-state index is 13.9. The molecule has 24 heavy (non-hydrogen) atoms. The highest BCUT2D eigenvalue weighted by molar-refractivity contribution is 5.24. The van der Waals surface area contributed by atoms with Crippen molar-refractivity contribution in [3.63, 3.8) is 0 Å². The molecule has 0 aromatic carbocycles. The van der Waals surface area contributed by atoms with E-state index in [1.807, 2.05) is 26.5 Å². The van der Waals surface area contributed by atoms with Crippen molar-refractivity contribution in [1.29, 1.82) is 0 Å². The molecule has 8 heteroatoms. The lowest BCUT2D eigenvalue weighted by molar-refractivity contribution is 0.179. The lowest BCUT2D eigenvalue weighted by Crippen LogP contribution is -2.38. The average molecular weight is 333 g/mol. The first-order valence-electron chi connectivity index (χ1n) is 8.11. The van der Waals surface area contributed by atoms with Crippen molar-refractivity contribution in [2.75, 3.05) is 25.9 Å². The fraction of sp³-hybridized carbons (Fsp3) is 0.562. The third-order valence-electron chi connectivity index (χ3n) is 4.28.